The first-order valence-electron chi connectivity index (χ1n) is 6.44. The molecule has 4 heteroatoms. The van der Waals surface area contributed by atoms with Crippen molar-refractivity contribution in [3.05, 3.63) is 23.8 Å². The largest absolute Gasteiger partial charge is 0.496 e. The summed E-state index contributed by atoms with van der Waals surface area (Å²) in [6, 6.07) is 3.74. The molecule has 4 nitrogen and oxygen atoms in total. The second-order valence-corrected chi connectivity index (χ2v) is 4.06. The zero-order chi connectivity index (χ0) is 14.1. The van der Waals surface area contributed by atoms with Gasteiger partial charge in [0.2, 0.25) is 0 Å². The first-order chi connectivity index (χ1) is 9.26. The lowest BCUT2D eigenvalue weighted by Gasteiger charge is -2.12. The summed E-state index contributed by atoms with van der Waals surface area (Å²) in [7, 11) is 4.88. The summed E-state index contributed by atoms with van der Waals surface area (Å²) in [6.45, 7) is 4.01. The lowest BCUT2D eigenvalue weighted by molar-refractivity contribution is 0.348. The molecule has 0 saturated heterocycles. The predicted octanol–water partition coefficient (Wildman–Crippen LogP) is 2.73. The van der Waals surface area contributed by atoms with E-state index in [4.69, 9.17) is 14.2 Å². The van der Waals surface area contributed by atoms with Crippen molar-refractivity contribution in [2.75, 3.05) is 34.4 Å². The topological polar surface area (TPSA) is 39.7 Å². The maximum absolute atomic E-state index is 5.36. The Kier molecular flexibility index (Phi) is 6.82. The summed E-state index contributed by atoms with van der Waals surface area (Å²) in [5.74, 6) is 2.13. The molecule has 0 aromatic heterocycles. The molecule has 1 aromatic carbocycles. The monoisotopic (exact) mass is 265 g/mol. The lowest BCUT2D eigenvalue weighted by atomic mass is 10.1. The van der Waals surface area contributed by atoms with E-state index in [1.807, 2.05) is 18.2 Å². The van der Waals surface area contributed by atoms with Gasteiger partial charge in [-0.2, -0.15) is 0 Å². The van der Waals surface area contributed by atoms with Crippen LogP contribution in [0.5, 0.6) is 17.2 Å². The molecule has 0 aliphatic heterocycles. The van der Waals surface area contributed by atoms with E-state index >= 15 is 0 Å². The maximum atomic E-state index is 5.36. The minimum atomic E-state index is 0.667. The smallest absolute Gasteiger partial charge is 0.164 e. The summed E-state index contributed by atoms with van der Waals surface area (Å²) >= 11 is 0. The molecule has 0 saturated carbocycles. The van der Waals surface area contributed by atoms with E-state index in [0.717, 1.165) is 30.8 Å². The van der Waals surface area contributed by atoms with Crippen LogP contribution in [-0.4, -0.2) is 34.4 Å². The van der Waals surface area contributed by atoms with E-state index in [1.165, 1.54) is 0 Å². The summed E-state index contributed by atoms with van der Waals surface area (Å²) in [4.78, 5) is 0. The fraction of sp³-hybridized carbons (Fsp3) is 0.467. The van der Waals surface area contributed by atoms with Gasteiger partial charge in [-0.3, -0.25) is 0 Å². The summed E-state index contributed by atoms with van der Waals surface area (Å²) < 4.78 is 15.9. The first-order valence-corrected chi connectivity index (χ1v) is 6.44. The SMILES string of the molecule is CCCNCC=Cc1cc(OC)c(OC)cc1OC. The van der Waals surface area contributed by atoms with Crippen molar-refractivity contribution < 1.29 is 14.2 Å². The lowest BCUT2D eigenvalue weighted by Crippen LogP contribution is -2.13. The normalized spacial score (nSPS) is 10.7. The molecule has 0 bridgehead atoms. The quantitative estimate of drug-likeness (QED) is 0.734. The standard InChI is InChI=1S/C15H23NO3/c1-5-8-16-9-6-7-12-10-14(18-3)15(19-4)11-13(12)17-2/h6-7,10-11,16H,5,8-9H2,1-4H3. The third-order valence-electron chi connectivity index (χ3n) is 2.72. The van der Waals surface area contributed by atoms with Crippen molar-refractivity contribution in [3.63, 3.8) is 0 Å². The Balaban J connectivity index is 2.86. The Hall–Kier alpha value is -1.68. The van der Waals surface area contributed by atoms with E-state index in [0.29, 0.717) is 11.5 Å². The highest BCUT2D eigenvalue weighted by molar-refractivity contribution is 5.63. The third kappa shape index (κ3) is 4.48. The fourth-order valence-electron chi connectivity index (χ4n) is 1.73. The number of benzene rings is 1. The van der Waals surface area contributed by atoms with Crippen LogP contribution < -0.4 is 19.5 Å². The van der Waals surface area contributed by atoms with Crippen LogP contribution >= 0.6 is 0 Å². The van der Waals surface area contributed by atoms with Gasteiger partial charge in [0.25, 0.3) is 0 Å². The molecule has 0 radical (unpaired) electrons. The highest BCUT2D eigenvalue weighted by Gasteiger charge is 2.09. The number of ether oxygens (including phenoxy) is 3. The minimum Gasteiger partial charge on any atom is -0.496 e. The Morgan fingerprint density at radius 3 is 2.21 bits per heavy atom. The van der Waals surface area contributed by atoms with Gasteiger partial charge in [0.15, 0.2) is 11.5 Å². The molecule has 106 valence electrons. The van der Waals surface area contributed by atoms with Crippen molar-refractivity contribution in [1.82, 2.24) is 5.32 Å². The maximum Gasteiger partial charge on any atom is 0.164 e. The van der Waals surface area contributed by atoms with Crippen LogP contribution in [0.3, 0.4) is 0 Å². The molecule has 0 spiro atoms. The Morgan fingerprint density at radius 1 is 1.00 bits per heavy atom. The third-order valence-corrected chi connectivity index (χ3v) is 2.72. The van der Waals surface area contributed by atoms with Crippen LogP contribution in [0.2, 0.25) is 0 Å². The van der Waals surface area contributed by atoms with Crippen LogP contribution in [0.25, 0.3) is 6.08 Å². The minimum absolute atomic E-state index is 0.667. The average molecular weight is 265 g/mol. The van der Waals surface area contributed by atoms with Gasteiger partial charge in [-0.1, -0.05) is 19.1 Å². The van der Waals surface area contributed by atoms with E-state index in [1.54, 1.807) is 21.3 Å². The molecule has 0 amide bonds. The van der Waals surface area contributed by atoms with Crippen LogP contribution in [0, 0.1) is 0 Å². The van der Waals surface area contributed by atoms with Crippen LogP contribution in [0.1, 0.15) is 18.9 Å². The van der Waals surface area contributed by atoms with E-state index < -0.39 is 0 Å². The zero-order valence-corrected chi connectivity index (χ0v) is 12.2. The van der Waals surface area contributed by atoms with Gasteiger partial charge in [-0.15, -0.1) is 0 Å². The van der Waals surface area contributed by atoms with Gasteiger partial charge >= 0.3 is 0 Å². The van der Waals surface area contributed by atoms with Crippen LogP contribution in [-0.2, 0) is 0 Å². The Bertz CT molecular complexity index is 416. The van der Waals surface area contributed by atoms with Gasteiger partial charge in [-0.05, 0) is 19.0 Å². The van der Waals surface area contributed by atoms with E-state index in [-0.39, 0.29) is 0 Å². The number of rotatable bonds is 8. The molecular formula is C15H23NO3. The van der Waals surface area contributed by atoms with Crippen molar-refractivity contribution in [2.24, 2.45) is 0 Å². The van der Waals surface area contributed by atoms with Crippen molar-refractivity contribution in [3.8, 4) is 17.2 Å². The molecule has 0 aliphatic rings. The molecule has 1 N–H and O–H groups in total. The van der Waals surface area contributed by atoms with Gasteiger partial charge in [0.05, 0.1) is 21.3 Å². The molecule has 0 unspecified atom stereocenters. The molecule has 1 rings (SSSR count). The second kappa shape index (κ2) is 8.43. The van der Waals surface area contributed by atoms with Crippen molar-refractivity contribution >= 4 is 6.08 Å². The van der Waals surface area contributed by atoms with Crippen molar-refractivity contribution in [2.45, 2.75) is 13.3 Å². The molecule has 0 aliphatic carbocycles. The van der Waals surface area contributed by atoms with Gasteiger partial charge < -0.3 is 19.5 Å². The van der Waals surface area contributed by atoms with E-state index in [2.05, 4.69) is 18.3 Å². The molecule has 0 heterocycles. The molecule has 1 aromatic rings. The van der Waals surface area contributed by atoms with Gasteiger partial charge in [0, 0.05) is 18.2 Å². The molecular weight excluding hydrogens is 242 g/mol. The summed E-state index contributed by atoms with van der Waals surface area (Å²) in [5, 5.41) is 3.31. The van der Waals surface area contributed by atoms with E-state index in [9.17, 15) is 0 Å². The first kappa shape index (κ1) is 15.4. The number of hydrogen-bond donors (Lipinski definition) is 1. The Morgan fingerprint density at radius 2 is 1.63 bits per heavy atom. The van der Waals surface area contributed by atoms with Crippen molar-refractivity contribution in [1.29, 1.82) is 0 Å². The Labute approximate surface area is 115 Å². The van der Waals surface area contributed by atoms with Crippen LogP contribution in [0.15, 0.2) is 18.2 Å². The number of nitrogens with one attached hydrogen (secondary N) is 1. The van der Waals surface area contributed by atoms with Gasteiger partial charge in [0.1, 0.15) is 5.75 Å². The highest BCUT2D eigenvalue weighted by Crippen LogP contribution is 2.35. The number of methoxy groups -OCH3 is 3. The summed E-state index contributed by atoms with van der Waals surface area (Å²) in [6.07, 6.45) is 5.22. The predicted molar refractivity (Wildman–Crippen MR) is 78.3 cm³/mol. The summed E-state index contributed by atoms with van der Waals surface area (Å²) in [5.41, 5.74) is 0.971. The average Bonchev–Trinajstić information content (AvgIpc) is 2.46. The number of hydrogen-bond acceptors (Lipinski definition) is 4. The second-order valence-electron chi connectivity index (χ2n) is 4.06. The molecule has 0 atom stereocenters. The molecule has 0 fully saturated rings. The fourth-order valence-corrected chi connectivity index (χ4v) is 1.73. The van der Waals surface area contributed by atoms with Crippen LogP contribution in [0.4, 0.5) is 0 Å². The molecule has 19 heavy (non-hydrogen) atoms. The highest BCUT2D eigenvalue weighted by atomic mass is 16.5. The zero-order valence-electron chi connectivity index (χ0n) is 12.2. The van der Waals surface area contributed by atoms with Gasteiger partial charge in [-0.25, -0.2) is 0 Å².